The molecule has 5 unspecified atom stereocenters. The van der Waals surface area contributed by atoms with Crippen molar-refractivity contribution in [2.45, 2.75) is 63.8 Å². The van der Waals surface area contributed by atoms with Crippen molar-refractivity contribution < 1.29 is 4.39 Å². The molecule has 4 saturated carbocycles. The molecule has 1 saturated heterocycles. The summed E-state index contributed by atoms with van der Waals surface area (Å²) < 4.78 is 13.5. The summed E-state index contributed by atoms with van der Waals surface area (Å²) >= 11 is 6.30. The summed E-state index contributed by atoms with van der Waals surface area (Å²) in [5, 5.41) is 0. The number of alkyl halides is 1. The van der Waals surface area contributed by atoms with Crippen LogP contribution < -0.4 is 5.73 Å². The molecule has 0 aromatic heterocycles. The first-order chi connectivity index (χ1) is 13.8. The van der Waals surface area contributed by atoms with Crippen LogP contribution in [0.1, 0.15) is 57.9 Å². The first kappa shape index (κ1) is 19.9. The van der Waals surface area contributed by atoms with Gasteiger partial charge < -0.3 is 10.6 Å². The van der Waals surface area contributed by atoms with Crippen LogP contribution in [-0.4, -0.2) is 35.7 Å². The minimum atomic E-state index is -0.190. The zero-order chi connectivity index (χ0) is 20.4. The lowest BCUT2D eigenvalue weighted by Crippen LogP contribution is -2.56. The lowest BCUT2D eigenvalue weighted by atomic mass is 9.61. The number of hydrogen-bond acceptors (Lipinski definition) is 2. The fourth-order valence-corrected chi connectivity index (χ4v) is 8.38. The van der Waals surface area contributed by atoms with Gasteiger partial charge in [0.2, 0.25) is 0 Å². The fourth-order valence-electron chi connectivity index (χ4n) is 7.91. The van der Waals surface area contributed by atoms with E-state index in [1.165, 1.54) is 29.8 Å². The Morgan fingerprint density at radius 1 is 1.21 bits per heavy atom. The highest BCUT2D eigenvalue weighted by Gasteiger charge is 2.69. The molecule has 158 valence electrons. The molecule has 6 atom stereocenters. The highest BCUT2D eigenvalue weighted by molar-refractivity contribution is 7.80. The lowest BCUT2D eigenvalue weighted by molar-refractivity contribution is 0.133. The molecule has 2 nitrogen and oxygen atoms in total. The van der Waals surface area contributed by atoms with Gasteiger partial charge in [0.15, 0.2) is 0 Å². The molecule has 1 aliphatic heterocycles. The molecule has 0 amide bonds. The Hall–Kier alpha value is -1.00. The molecule has 0 radical (unpaired) electrons. The molecule has 1 aromatic carbocycles. The van der Waals surface area contributed by atoms with Crippen LogP contribution in [0, 0.1) is 28.6 Å². The molecule has 29 heavy (non-hydrogen) atoms. The van der Waals surface area contributed by atoms with Gasteiger partial charge in [0, 0.05) is 24.5 Å². The maximum absolute atomic E-state index is 13.5. The second-order valence-electron chi connectivity index (χ2n) is 11.2. The van der Waals surface area contributed by atoms with Gasteiger partial charge in [0.25, 0.3) is 0 Å². The average Bonchev–Trinajstić information content (AvgIpc) is 3.08. The number of halogens is 1. The van der Waals surface area contributed by atoms with Crippen molar-refractivity contribution in [2.75, 3.05) is 19.8 Å². The van der Waals surface area contributed by atoms with Gasteiger partial charge in [-0.05, 0) is 72.7 Å². The van der Waals surface area contributed by atoms with E-state index in [0.29, 0.717) is 17.8 Å². The van der Waals surface area contributed by atoms with Gasteiger partial charge in [0.05, 0.1) is 11.7 Å². The maximum atomic E-state index is 13.5. The number of rotatable bonds is 4. The van der Waals surface area contributed by atoms with Crippen LogP contribution in [0.25, 0.3) is 0 Å². The Morgan fingerprint density at radius 2 is 1.97 bits per heavy atom. The van der Waals surface area contributed by atoms with Gasteiger partial charge in [-0.15, -0.1) is 0 Å². The first-order valence-electron chi connectivity index (χ1n) is 11.5. The number of likely N-dealkylation sites (tertiary alicyclic amines) is 1. The quantitative estimate of drug-likeness (QED) is 0.695. The minimum Gasteiger partial charge on any atom is -0.365 e. The van der Waals surface area contributed by atoms with Gasteiger partial charge in [-0.2, -0.15) is 0 Å². The molecule has 4 heteroatoms. The zero-order valence-corrected chi connectivity index (χ0v) is 18.7. The molecular weight excluding hydrogens is 379 g/mol. The minimum absolute atomic E-state index is 0.0873. The van der Waals surface area contributed by atoms with Crippen LogP contribution in [0.3, 0.4) is 0 Å². The second-order valence-corrected chi connectivity index (χ2v) is 11.6. The third kappa shape index (κ3) is 2.85. The third-order valence-electron chi connectivity index (χ3n) is 9.23. The zero-order valence-electron chi connectivity index (χ0n) is 17.9. The molecular formula is C25H35FN2S. The van der Waals surface area contributed by atoms with E-state index >= 15 is 0 Å². The molecule has 2 N–H and O–H groups in total. The summed E-state index contributed by atoms with van der Waals surface area (Å²) in [7, 11) is 0. The predicted molar refractivity (Wildman–Crippen MR) is 121 cm³/mol. The molecule has 5 aliphatic rings. The number of benzene rings is 1. The van der Waals surface area contributed by atoms with Crippen LogP contribution in [0.4, 0.5) is 4.39 Å². The Balaban J connectivity index is 1.49. The van der Waals surface area contributed by atoms with Crippen LogP contribution >= 0.6 is 12.2 Å². The monoisotopic (exact) mass is 414 g/mol. The SMILES string of the molecule is CC1(C)CN(C(=S)C23CC4CC(c5ccccc5)(CC2C4CCF)C3)CC[C@@H]1N. The molecule has 4 bridgehead atoms. The van der Waals surface area contributed by atoms with E-state index in [9.17, 15) is 4.39 Å². The van der Waals surface area contributed by atoms with Crippen molar-refractivity contribution in [2.24, 2.45) is 34.3 Å². The van der Waals surface area contributed by atoms with Crippen LogP contribution in [0.5, 0.6) is 0 Å². The van der Waals surface area contributed by atoms with Gasteiger partial charge in [-0.3, -0.25) is 4.39 Å². The standard InChI is InChI=1S/C25H35FN2S/c1-23(2)16-28(11-9-21(23)27)22(29)25-13-17-12-24(15-25,18-6-4-3-5-7-18)14-20(25)19(17)8-10-26/h3-7,17,19-21H,8-16,27H2,1-2H3/t17?,19?,20?,21-,24?,25?/m0/s1. The van der Waals surface area contributed by atoms with E-state index in [1.54, 1.807) is 0 Å². The Kier molecular flexibility index (Phi) is 4.64. The summed E-state index contributed by atoms with van der Waals surface area (Å²) in [6.07, 6.45) is 6.48. The topological polar surface area (TPSA) is 29.3 Å². The molecule has 4 aliphatic carbocycles. The molecule has 1 heterocycles. The van der Waals surface area contributed by atoms with Crippen molar-refractivity contribution in [1.29, 1.82) is 0 Å². The largest absolute Gasteiger partial charge is 0.365 e. The van der Waals surface area contributed by atoms with Crippen molar-refractivity contribution >= 4 is 17.2 Å². The third-order valence-corrected chi connectivity index (χ3v) is 9.89. The second kappa shape index (κ2) is 6.75. The van der Waals surface area contributed by atoms with Crippen LogP contribution in [0.2, 0.25) is 0 Å². The average molecular weight is 415 g/mol. The normalized spacial score (nSPS) is 42.4. The fraction of sp³-hybridized carbons (Fsp3) is 0.720. The summed E-state index contributed by atoms with van der Waals surface area (Å²) in [5.41, 5.74) is 8.31. The maximum Gasteiger partial charge on any atom is 0.0897 e. The van der Waals surface area contributed by atoms with Crippen LogP contribution in [0.15, 0.2) is 30.3 Å². The van der Waals surface area contributed by atoms with Gasteiger partial charge >= 0.3 is 0 Å². The van der Waals surface area contributed by atoms with Crippen molar-refractivity contribution in [1.82, 2.24) is 4.90 Å². The summed E-state index contributed by atoms with van der Waals surface area (Å²) in [4.78, 5) is 3.68. The molecule has 1 aromatic rings. The number of thiocarbonyl (C=S) groups is 1. The Bertz CT molecular complexity index is 795. The predicted octanol–water partition coefficient (Wildman–Crippen LogP) is 5.11. The Labute approximate surface area is 180 Å². The van der Waals surface area contributed by atoms with E-state index in [0.717, 1.165) is 32.4 Å². The van der Waals surface area contributed by atoms with E-state index < -0.39 is 0 Å². The first-order valence-corrected chi connectivity index (χ1v) is 11.9. The van der Waals surface area contributed by atoms with E-state index in [-0.39, 0.29) is 29.0 Å². The highest BCUT2D eigenvalue weighted by Crippen LogP contribution is 2.73. The van der Waals surface area contributed by atoms with Crippen molar-refractivity contribution in [3.05, 3.63) is 35.9 Å². The van der Waals surface area contributed by atoms with Crippen LogP contribution in [-0.2, 0) is 5.41 Å². The summed E-state index contributed by atoms with van der Waals surface area (Å²) in [6, 6.07) is 11.3. The highest BCUT2D eigenvalue weighted by atomic mass is 32.1. The molecule has 0 spiro atoms. The van der Waals surface area contributed by atoms with Crippen molar-refractivity contribution in [3.63, 3.8) is 0 Å². The van der Waals surface area contributed by atoms with E-state index in [2.05, 4.69) is 49.1 Å². The number of nitrogens with zero attached hydrogens (tertiary/aromatic N) is 1. The summed E-state index contributed by atoms with van der Waals surface area (Å²) in [6.45, 7) is 6.30. The lowest BCUT2D eigenvalue weighted by Gasteiger charge is -2.49. The summed E-state index contributed by atoms with van der Waals surface area (Å²) in [5.74, 6) is 1.68. The van der Waals surface area contributed by atoms with E-state index in [4.69, 9.17) is 18.0 Å². The van der Waals surface area contributed by atoms with E-state index in [1.807, 2.05) is 0 Å². The van der Waals surface area contributed by atoms with Gasteiger partial charge in [-0.1, -0.05) is 56.4 Å². The number of piperidine rings is 1. The Morgan fingerprint density at radius 3 is 2.66 bits per heavy atom. The number of hydrogen-bond donors (Lipinski definition) is 1. The van der Waals surface area contributed by atoms with Gasteiger partial charge in [-0.25, -0.2) is 0 Å². The molecule has 5 fully saturated rings. The smallest absolute Gasteiger partial charge is 0.0897 e. The molecule has 6 rings (SSSR count). The number of nitrogens with two attached hydrogens (primary N) is 1. The van der Waals surface area contributed by atoms with Crippen molar-refractivity contribution in [3.8, 4) is 0 Å². The van der Waals surface area contributed by atoms with Gasteiger partial charge in [0.1, 0.15) is 0 Å².